The molecule has 0 fully saturated rings. The van der Waals surface area contributed by atoms with Crippen molar-refractivity contribution in [3.63, 3.8) is 0 Å². The lowest BCUT2D eigenvalue weighted by molar-refractivity contribution is 0.0695. The van der Waals surface area contributed by atoms with Gasteiger partial charge in [-0.25, -0.2) is 4.79 Å². The quantitative estimate of drug-likeness (QED) is 0.739. The number of hydrogen-bond donors (Lipinski definition) is 1. The Kier molecular flexibility index (Phi) is 2.98. The summed E-state index contributed by atoms with van der Waals surface area (Å²) in [6.07, 6.45) is 1.94. The van der Waals surface area contributed by atoms with Crippen LogP contribution >= 0.6 is 11.8 Å². The highest BCUT2D eigenvalue weighted by Gasteiger charge is 2.09. The van der Waals surface area contributed by atoms with Gasteiger partial charge in [0.05, 0.1) is 5.56 Å². The molecule has 0 bridgehead atoms. The maximum atomic E-state index is 10.8. The third kappa shape index (κ3) is 2.04. The third-order valence-electron chi connectivity index (χ3n) is 2.11. The monoisotopic (exact) mass is 196 g/mol. The van der Waals surface area contributed by atoms with Crippen LogP contribution in [0.25, 0.3) is 0 Å². The van der Waals surface area contributed by atoms with Gasteiger partial charge >= 0.3 is 5.97 Å². The SMILES string of the molecule is CSc1cc(C)c(C)c(C(=O)O)c1. The van der Waals surface area contributed by atoms with Crippen molar-refractivity contribution in [2.45, 2.75) is 18.7 Å². The second-order valence-electron chi connectivity index (χ2n) is 2.92. The second-order valence-corrected chi connectivity index (χ2v) is 3.80. The summed E-state index contributed by atoms with van der Waals surface area (Å²) in [5, 5.41) is 8.90. The summed E-state index contributed by atoms with van der Waals surface area (Å²) in [4.78, 5) is 11.8. The minimum Gasteiger partial charge on any atom is -0.478 e. The van der Waals surface area contributed by atoms with Crippen LogP contribution in [0.15, 0.2) is 17.0 Å². The van der Waals surface area contributed by atoms with Crippen molar-refractivity contribution in [3.05, 3.63) is 28.8 Å². The predicted octanol–water partition coefficient (Wildman–Crippen LogP) is 2.72. The lowest BCUT2D eigenvalue weighted by atomic mass is 10.0. The topological polar surface area (TPSA) is 37.3 Å². The highest BCUT2D eigenvalue weighted by Crippen LogP contribution is 2.22. The molecule has 1 aromatic rings. The van der Waals surface area contributed by atoms with E-state index >= 15 is 0 Å². The maximum absolute atomic E-state index is 10.8. The van der Waals surface area contributed by atoms with E-state index in [1.54, 1.807) is 17.8 Å². The summed E-state index contributed by atoms with van der Waals surface area (Å²) in [6.45, 7) is 3.77. The lowest BCUT2D eigenvalue weighted by Crippen LogP contribution is -2.01. The van der Waals surface area contributed by atoms with Crippen molar-refractivity contribution in [1.29, 1.82) is 0 Å². The molecule has 0 aliphatic carbocycles. The summed E-state index contributed by atoms with van der Waals surface area (Å²) >= 11 is 1.56. The van der Waals surface area contributed by atoms with E-state index in [0.717, 1.165) is 16.0 Å². The number of aryl methyl sites for hydroxylation is 1. The summed E-state index contributed by atoms with van der Waals surface area (Å²) in [5.41, 5.74) is 2.29. The molecule has 3 heteroatoms. The molecule has 0 spiro atoms. The van der Waals surface area contributed by atoms with Crippen molar-refractivity contribution >= 4 is 17.7 Å². The van der Waals surface area contributed by atoms with Gasteiger partial charge in [-0.3, -0.25) is 0 Å². The Balaban J connectivity index is 3.33. The Bertz CT molecular complexity index is 345. The Morgan fingerprint density at radius 3 is 2.46 bits per heavy atom. The van der Waals surface area contributed by atoms with Gasteiger partial charge in [0.2, 0.25) is 0 Å². The number of rotatable bonds is 2. The number of thioether (sulfide) groups is 1. The first-order chi connectivity index (χ1) is 6.06. The van der Waals surface area contributed by atoms with E-state index < -0.39 is 5.97 Å². The molecule has 2 nitrogen and oxygen atoms in total. The highest BCUT2D eigenvalue weighted by molar-refractivity contribution is 7.98. The maximum Gasteiger partial charge on any atom is 0.336 e. The Morgan fingerprint density at radius 1 is 1.38 bits per heavy atom. The van der Waals surface area contributed by atoms with E-state index in [1.165, 1.54) is 0 Å². The zero-order valence-corrected chi connectivity index (χ0v) is 8.73. The fourth-order valence-corrected chi connectivity index (χ4v) is 1.70. The standard InChI is InChI=1S/C10H12O2S/c1-6-4-8(13-3)5-9(7(6)2)10(11)12/h4-5H,1-3H3,(H,11,12). The van der Waals surface area contributed by atoms with Crippen LogP contribution in [0.4, 0.5) is 0 Å². The summed E-state index contributed by atoms with van der Waals surface area (Å²) < 4.78 is 0. The molecular weight excluding hydrogens is 184 g/mol. The van der Waals surface area contributed by atoms with Crippen molar-refractivity contribution < 1.29 is 9.90 Å². The van der Waals surface area contributed by atoms with Crippen LogP contribution in [-0.4, -0.2) is 17.3 Å². The van der Waals surface area contributed by atoms with Crippen LogP contribution < -0.4 is 0 Å². The first-order valence-electron chi connectivity index (χ1n) is 3.94. The Morgan fingerprint density at radius 2 is 2.00 bits per heavy atom. The number of carboxylic acids is 1. The molecule has 70 valence electrons. The summed E-state index contributed by atoms with van der Waals surface area (Å²) in [6, 6.07) is 3.72. The average Bonchev–Trinajstić information content (AvgIpc) is 2.09. The van der Waals surface area contributed by atoms with Crippen molar-refractivity contribution in [1.82, 2.24) is 0 Å². The fraction of sp³-hybridized carbons (Fsp3) is 0.300. The molecule has 1 aromatic carbocycles. The molecular formula is C10H12O2S. The molecule has 1 N–H and O–H groups in total. The number of carbonyl (C=O) groups is 1. The van der Waals surface area contributed by atoms with Crippen molar-refractivity contribution in [2.24, 2.45) is 0 Å². The van der Waals surface area contributed by atoms with Crippen LogP contribution in [0.5, 0.6) is 0 Å². The molecule has 13 heavy (non-hydrogen) atoms. The molecule has 0 saturated carbocycles. The van der Waals surface area contributed by atoms with Gasteiger partial charge in [0.25, 0.3) is 0 Å². The van der Waals surface area contributed by atoms with Gasteiger partial charge in [0, 0.05) is 4.90 Å². The van der Waals surface area contributed by atoms with E-state index in [1.807, 2.05) is 26.2 Å². The van der Waals surface area contributed by atoms with Gasteiger partial charge in [0.1, 0.15) is 0 Å². The fourth-order valence-electron chi connectivity index (χ4n) is 1.17. The van der Waals surface area contributed by atoms with Crippen LogP contribution in [0.2, 0.25) is 0 Å². The lowest BCUT2D eigenvalue weighted by Gasteiger charge is -2.06. The number of aromatic carboxylic acids is 1. The highest BCUT2D eigenvalue weighted by atomic mass is 32.2. The molecule has 0 atom stereocenters. The molecule has 1 rings (SSSR count). The second kappa shape index (κ2) is 3.83. The van der Waals surface area contributed by atoms with Gasteiger partial charge in [-0.2, -0.15) is 0 Å². The molecule has 0 aliphatic heterocycles. The predicted molar refractivity (Wildman–Crippen MR) is 54.7 cm³/mol. The number of carboxylic acid groups (broad SMARTS) is 1. The van der Waals surface area contributed by atoms with Crippen molar-refractivity contribution in [3.8, 4) is 0 Å². The molecule has 0 aliphatic rings. The minimum atomic E-state index is -0.850. The normalized spacial score (nSPS) is 10.1. The van der Waals surface area contributed by atoms with Gasteiger partial charge in [0.15, 0.2) is 0 Å². The van der Waals surface area contributed by atoms with Crippen molar-refractivity contribution in [2.75, 3.05) is 6.26 Å². The first kappa shape index (κ1) is 10.1. The van der Waals surface area contributed by atoms with E-state index in [-0.39, 0.29) is 0 Å². The molecule has 0 unspecified atom stereocenters. The van der Waals surface area contributed by atoms with Gasteiger partial charge in [-0.15, -0.1) is 11.8 Å². The molecule has 0 heterocycles. The zero-order valence-electron chi connectivity index (χ0n) is 7.92. The third-order valence-corrected chi connectivity index (χ3v) is 2.81. The molecule has 0 radical (unpaired) electrons. The number of benzene rings is 1. The van der Waals surface area contributed by atoms with Gasteiger partial charge in [-0.05, 0) is 43.4 Å². The Labute approximate surface area is 82.0 Å². The molecule has 0 saturated heterocycles. The van der Waals surface area contributed by atoms with E-state index in [9.17, 15) is 4.79 Å². The first-order valence-corrected chi connectivity index (χ1v) is 5.17. The summed E-state index contributed by atoms with van der Waals surface area (Å²) in [7, 11) is 0. The van der Waals surface area contributed by atoms with Gasteiger partial charge < -0.3 is 5.11 Å². The van der Waals surface area contributed by atoms with Crippen LogP contribution in [0, 0.1) is 13.8 Å². The zero-order chi connectivity index (χ0) is 10.0. The van der Waals surface area contributed by atoms with Crippen LogP contribution in [0.3, 0.4) is 0 Å². The van der Waals surface area contributed by atoms with Crippen LogP contribution in [-0.2, 0) is 0 Å². The number of hydrogen-bond acceptors (Lipinski definition) is 2. The summed E-state index contributed by atoms with van der Waals surface area (Å²) in [5.74, 6) is -0.850. The van der Waals surface area contributed by atoms with E-state index in [4.69, 9.17) is 5.11 Å². The van der Waals surface area contributed by atoms with E-state index in [2.05, 4.69) is 0 Å². The van der Waals surface area contributed by atoms with E-state index in [0.29, 0.717) is 5.56 Å². The molecule has 0 aromatic heterocycles. The van der Waals surface area contributed by atoms with Gasteiger partial charge in [-0.1, -0.05) is 0 Å². The smallest absolute Gasteiger partial charge is 0.336 e. The Hall–Kier alpha value is -0.960. The largest absolute Gasteiger partial charge is 0.478 e. The molecule has 0 amide bonds. The minimum absolute atomic E-state index is 0.407. The van der Waals surface area contributed by atoms with Crippen LogP contribution in [0.1, 0.15) is 21.5 Å². The average molecular weight is 196 g/mol.